The predicted molar refractivity (Wildman–Crippen MR) is 143 cm³/mol. The molecule has 2 amide bonds. The van der Waals surface area contributed by atoms with Gasteiger partial charge in [-0.1, -0.05) is 42.1 Å². The highest BCUT2D eigenvalue weighted by Crippen LogP contribution is 2.42. The Labute approximate surface area is 215 Å². The van der Waals surface area contributed by atoms with Gasteiger partial charge in [0.15, 0.2) is 11.5 Å². The van der Waals surface area contributed by atoms with Gasteiger partial charge in [0.1, 0.15) is 0 Å². The number of rotatable bonds is 5. The molecule has 0 unspecified atom stereocenters. The molecule has 0 saturated carbocycles. The van der Waals surface area contributed by atoms with Gasteiger partial charge in [-0.05, 0) is 72.4 Å². The van der Waals surface area contributed by atoms with Gasteiger partial charge in [-0.2, -0.15) is 0 Å². The van der Waals surface area contributed by atoms with Gasteiger partial charge in [0.2, 0.25) is 0 Å². The summed E-state index contributed by atoms with van der Waals surface area (Å²) >= 11 is 1.40. The van der Waals surface area contributed by atoms with Crippen molar-refractivity contribution in [1.82, 2.24) is 5.32 Å². The van der Waals surface area contributed by atoms with Crippen molar-refractivity contribution in [3.05, 3.63) is 87.8 Å². The minimum absolute atomic E-state index is 0.00300. The Morgan fingerprint density at radius 3 is 2.67 bits per heavy atom. The van der Waals surface area contributed by atoms with Gasteiger partial charge in [0, 0.05) is 17.5 Å². The van der Waals surface area contributed by atoms with E-state index in [0.717, 1.165) is 35.4 Å². The zero-order valence-electron chi connectivity index (χ0n) is 20.5. The summed E-state index contributed by atoms with van der Waals surface area (Å²) in [5, 5.41) is 3.20. The van der Waals surface area contributed by atoms with E-state index in [2.05, 4.69) is 17.4 Å². The molecule has 0 bridgehead atoms. The Hall–Kier alpha value is -3.71. The van der Waals surface area contributed by atoms with Crippen molar-refractivity contribution >= 4 is 35.3 Å². The van der Waals surface area contributed by atoms with E-state index >= 15 is 0 Å². The van der Waals surface area contributed by atoms with E-state index in [1.807, 2.05) is 48.5 Å². The second-order valence-corrected chi connectivity index (χ2v) is 9.97. The summed E-state index contributed by atoms with van der Waals surface area (Å²) in [4.78, 5) is 29.5. The monoisotopic (exact) mass is 500 g/mol. The lowest BCUT2D eigenvalue weighted by atomic mass is 9.87. The van der Waals surface area contributed by atoms with Crippen molar-refractivity contribution < 1.29 is 19.1 Å². The van der Waals surface area contributed by atoms with Crippen LogP contribution in [0.25, 0.3) is 6.08 Å². The minimum Gasteiger partial charge on any atom is -0.493 e. The molecule has 1 atom stereocenters. The maximum absolute atomic E-state index is 13.2. The maximum atomic E-state index is 13.2. The van der Waals surface area contributed by atoms with Crippen LogP contribution < -0.4 is 19.7 Å². The molecule has 3 aromatic carbocycles. The first kappa shape index (κ1) is 24.0. The standard InChI is InChI=1S/C29H28N2O4S/c1-31-23-17-20(28(32)30-22-10-6-8-19-7-4-5-9-21(19)22)12-14-26(23)36-27(29(31)33)16-18-11-13-24(34-2)25(15-18)35-3/h4-5,7,9,11-17,22H,6,8,10H2,1-3H3,(H,30,32)/b27-16-/t22-/m1/s1. The summed E-state index contributed by atoms with van der Waals surface area (Å²) in [6.07, 6.45) is 4.86. The first-order chi connectivity index (χ1) is 17.5. The van der Waals surface area contributed by atoms with Gasteiger partial charge in [-0.25, -0.2) is 0 Å². The highest BCUT2D eigenvalue weighted by atomic mass is 32.2. The number of benzene rings is 3. The Morgan fingerprint density at radius 1 is 1.06 bits per heavy atom. The number of anilines is 1. The molecular weight excluding hydrogens is 472 g/mol. The number of nitrogens with zero attached hydrogens (tertiary/aromatic N) is 1. The summed E-state index contributed by atoms with van der Waals surface area (Å²) in [5.74, 6) is 0.982. The van der Waals surface area contributed by atoms with Crippen LogP contribution in [0.15, 0.2) is 70.5 Å². The van der Waals surface area contributed by atoms with Crippen molar-refractivity contribution in [3.8, 4) is 11.5 Å². The Morgan fingerprint density at radius 2 is 1.86 bits per heavy atom. The van der Waals surface area contributed by atoms with E-state index in [4.69, 9.17) is 9.47 Å². The molecular formula is C29H28N2O4S. The Kier molecular flexibility index (Phi) is 6.74. The van der Waals surface area contributed by atoms with E-state index in [-0.39, 0.29) is 17.9 Å². The third kappa shape index (κ3) is 4.58. The molecule has 6 nitrogen and oxygen atoms in total. The first-order valence-electron chi connectivity index (χ1n) is 11.9. The molecule has 5 rings (SSSR count). The summed E-state index contributed by atoms with van der Waals surface area (Å²) in [5.41, 5.74) is 4.61. The highest BCUT2D eigenvalue weighted by molar-refractivity contribution is 8.04. The number of hydrogen-bond donors (Lipinski definition) is 1. The van der Waals surface area contributed by atoms with E-state index in [0.29, 0.717) is 22.0 Å². The van der Waals surface area contributed by atoms with Crippen LogP contribution in [-0.2, 0) is 11.2 Å². The molecule has 184 valence electrons. The second kappa shape index (κ2) is 10.1. The van der Waals surface area contributed by atoms with Crippen molar-refractivity contribution in [1.29, 1.82) is 0 Å². The number of hydrogen-bond acceptors (Lipinski definition) is 5. The Bertz CT molecular complexity index is 1370. The van der Waals surface area contributed by atoms with Gasteiger partial charge >= 0.3 is 0 Å². The minimum atomic E-state index is -0.128. The lowest BCUT2D eigenvalue weighted by Crippen LogP contribution is -2.32. The Balaban J connectivity index is 1.37. The lowest BCUT2D eigenvalue weighted by Gasteiger charge is -2.28. The van der Waals surface area contributed by atoms with Crippen LogP contribution >= 0.6 is 11.8 Å². The molecule has 3 aromatic rings. The van der Waals surface area contributed by atoms with Crippen LogP contribution in [0.5, 0.6) is 11.5 Å². The first-order valence-corrected chi connectivity index (χ1v) is 12.7. The number of fused-ring (bicyclic) bond motifs is 2. The van der Waals surface area contributed by atoms with Crippen LogP contribution in [0.4, 0.5) is 5.69 Å². The number of carbonyl (C=O) groups excluding carboxylic acids is 2. The molecule has 0 aromatic heterocycles. The maximum Gasteiger partial charge on any atom is 0.264 e. The van der Waals surface area contributed by atoms with Crippen LogP contribution in [0.1, 0.15) is 45.9 Å². The second-order valence-electron chi connectivity index (χ2n) is 8.89. The summed E-state index contributed by atoms with van der Waals surface area (Å²) < 4.78 is 10.7. The van der Waals surface area contributed by atoms with Crippen molar-refractivity contribution in [3.63, 3.8) is 0 Å². The number of carbonyl (C=O) groups is 2. The molecule has 0 saturated heterocycles. The molecule has 7 heteroatoms. The van der Waals surface area contributed by atoms with Crippen molar-refractivity contribution in [2.75, 3.05) is 26.2 Å². The summed E-state index contributed by atoms with van der Waals surface area (Å²) in [6, 6.07) is 19.4. The quantitative estimate of drug-likeness (QED) is 0.461. The molecule has 0 spiro atoms. The highest BCUT2D eigenvalue weighted by Gasteiger charge is 2.28. The molecule has 1 N–H and O–H groups in total. The average Bonchev–Trinajstić information content (AvgIpc) is 2.91. The molecule has 1 aliphatic heterocycles. The number of likely N-dealkylation sites (N-methyl/N-ethyl adjacent to an activating group) is 1. The van der Waals surface area contributed by atoms with Gasteiger partial charge in [-0.3, -0.25) is 9.59 Å². The number of nitrogens with one attached hydrogen (secondary N) is 1. The smallest absolute Gasteiger partial charge is 0.264 e. The van der Waals surface area contributed by atoms with Crippen LogP contribution in [0, 0.1) is 0 Å². The van der Waals surface area contributed by atoms with Crippen LogP contribution in [-0.4, -0.2) is 33.1 Å². The van der Waals surface area contributed by atoms with E-state index in [1.165, 1.54) is 22.9 Å². The number of aryl methyl sites for hydroxylation is 1. The third-order valence-electron chi connectivity index (χ3n) is 6.70. The number of amides is 2. The van der Waals surface area contributed by atoms with Crippen molar-refractivity contribution in [2.45, 2.75) is 30.2 Å². The zero-order chi connectivity index (χ0) is 25.2. The third-order valence-corrected chi connectivity index (χ3v) is 7.78. The van der Waals surface area contributed by atoms with Gasteiger partial charge in [-0.15, -0.1) is 0 Å². The fourth-order valence-electron chi connectivity index (χ4n) is 4.77. The van der Waals surface area contributed by atoms with Gasteiger partial charge < -0.3 is 19.7 Å². The molecule has 1 heterocycles. The molecule has 1 aliphatic carbocycles. The van der Waals surface area contributed by atoms with E-state index in [1.54, 1.807) is 32.2 Å². The number of ether oxygens (including phenoxy) is 2. The molecule has 2 aliphatic rings. The zero-order valence-corrected chi connectivity index (χ0v) is 21.4. The summed E-state index contributed by atoms with van der Waals surface area (Å²) in [7, 11) is 4.91. The average molecular weight is 501 g/mol. The van der Waals surface area contributed by atoms with Crippen LogP contribution in [0.3, 0.4) is 0 Å². The fraction of sp³-hybridized carbons (Fsp3) is 0.241. The fourth-order valence-corrected chi connectivity index (χ4v) is 5.87. The van der Waals surface area contributed by atoms with E-state index < -0.39 is 0 Å². The van der Waals surface area contributed by atoms with Crippen LogP contribution in [0.2, 0.25) is 0 Å². The normalized spacial score (nSPS) is 17.9. The van der Waals surface area contributed by atoms with Crippen molar-refractivity contribution in [2.24, 2.45) is 0 Å². The lowest BCUT2D eigenvalue weighted by molar-refractivity contribution is -0.114. The van der Waals surface area contributed by atoms with Gasteiger partial charge in [0.05, 0.1) is 30.9 Å². The largest absolute Gasteiger partial charge is 0.493 e. The topological polar surface area (TPSA) is 67.9 Å². The van der Waals surface area contributed by atoms with E-state index in [9.17, 15) is 9.59 Å². The number of thioether (sulfide) groups is 1. The predicted octanol–water partition coefficient (Wildman–Crippen LogP) is 5.62. The number of methoxy groups -OCH3 is 2. The molecule has 36 heavy (non-hydrogen) atoms. The molecule has 0 fully saturated rings. The van der Waals surface area contributed by atoms with Gasteiger partial charge in [0.25, 0.3) is 11.8 Å². The summed E-state index contributed by atoms with van der Waals surface area (Å²) in [6.45, 7) is 0. The molecule has 0 radical (unpaired) electrons. The SMILES string of the molecule is COc1ccc(/C=C2\Sc3ccc(C(=O)N[C@@H]4CCCc5ccccc54)cc3N(C)C2=O)cc1OC.